The number of nitrogens with one attached hydrogen (secondary N) is 2. The third-order valence-electron chi connectivity index (χ3n) is 5.82. The van der Waals surface area contributed by atoms with Crippen molar-refractivity contribution < 1.29 is 4.79 Å². The van der Waals surface area contributed by atoms with Gasteiger partial charge in [0.15, 0.2) is 4.77 Å². The molecule has 1 aromatic carbocycles. The summed E-state index contributed by atoms with van der Waals surface area (Å²) in [5, 5.41) is 3.84. The summed E-state index contributed by atoms with van der Waals surface area (Å²) in [7, 11) is 0. The van der Waals surface area contributed by atoms with E-state index >= 15 is 0 Å². The average molecular weight is 401 g/mol. The van der Waals surface area contributed by atoms with Gasteiger partial charge in [0.2, 0.25) is 5.91 Å². The fraction of sp³-hybridized carbons (Fsp3) is 0.571. The van der Waals surface area contributed by atoms with Crippen LogP contribution in [-0.2, 0) is 11.3 Å². The molecule has 6 nitrogen and oxygen atoms in total. The van der Waals surface area contributed by atoms with Crippen molar-refractivity contribution in [2.24, 2.45) is 0 Å². The van der Waals surface area contributed by atoms with Gasteiger partial charge in [-0.15, -0.1) is 0 Å². The molecule has 0 radical (unpaired) electrons. The van der Waals surface area contributed by atoms with Crippen LogP contribution in [0.3, 0.4) is 0 Å². The summed E-state index contributed by atoms with van der Waals surface area (Å²) in [5.74, 6) is 0.155. The number of para-hydroxylation sites is 1. The molecule has 2 aliphatic rings. The molecule has 1 saturated carbocycles. The smallest absolute Gasteiger partial charge is 0.262 e. The highest BCUT2D eigenvalue weighted by molar-refractivity contribution is 7.71. The Balaban J connectivity index is 1.20. The van der Waals surface area contributed by atoms with Gasteiger partial charge in [0, 0.05) is 38.1 Å². The molecule has 28 heavy (non-hydrogen) atoms. The predicted molar refractivity (Wildman–Crippen MR) is 113 cm³/mol. The van der Waals surface area contributed by atoms with Gasteiger partial charge >= 0.3 is 0 Å². The van der Waals surface area contributed by atoms with Crippen LogP contribution in [0.15, 0.2) is 29.1 Å². The van der Waals surface area contributed by atoms with Gasteiger partial charge in [0.1, 0.15) is 0 Å². The Hall–Kier alpha value is -1.99. The van der Waals surface area contributed by atoms with Crippen molar-refractivity contribution >= 4 is 29.0 Å². The lowest BCUT2D eigenvalue weighted by atomic mass is 10.1. The molecule has 150 valence electrons. The first kappa shape index (κ1) is 19.3. The maximum Gasteiger partial charge on any atom is 0.262 e. The van der Waals surface area contributed by atoms with Gasteiger partial charge in [-0.3, -0.25) is 19.1 Å². The van der Waals surface area contributed by atoms with Crippen molar-refractivity contribution in [3.8, 4) is 0 Å². The lowest BCUT2D eigenvalue weighted by Gasteiger charge is -2.15. The van der Waals surface area contributed by atoms with Gasteiger partial charge in [-0.05, 0) is 56.5 Å². The normalized spacial score (nSPS) is 19.9. The van der Waals surface area contributed by atoms with Crippen LogP contribution in [0.5, 0.6) is 0 Å². The number of aromatic amines is 1. The molecule has 1 unspecified atom stereocenters. The molecule has 2 N–H and O–H groups in total. The van der Waals surface area contributed by atoms with Crippen LogP contribution in [0, 0.1) is 4.77 Å². The highest BCUT2D eigenvalue weighted by atomic mass is 32.1. The van der Waals surface area contributed by atoms with E-state index in [0.717, 1.165) is 50.3 Å². The summed E-state index contributed by atoms with van der Waals surface area (Å²) in [4.78, 5) is 30.4. The zero-order valence-electron chi connectivity index (χ0n) is 16.2. The van der Waals surface area contributed by atoms with Gasteiger partial charge in [-0.2, -0.15) is 0 Å². The second-order valence-electron chi connectivity index (χ2n) is 8.02. The van der Waals surface area contributed by atoms with Crippen LogP contribution < -0.4 is 10.9 Å². The number of hydrogen-bond donors (Lipinski definition) is 2. The number of unbranched alkanes of at least 4 members (excludes halogenated alkanes) is 2. The van der Waals surface area contributed by atoms with E-state index in [1.807, 2.05) is 24.3 Å². The zero-order chi connectivity index (χ0) is 19.5. The fourth-order valence-corrected chi connectivity index (χ4v) is 4.39. The molecule has 0 spiro atoms. The maximum absolute atomic E-state index is 12.6. The van der Waals surface area contributed by atoms with Crippen molar-refractivity contribution in [1.29, 1.82) is 0 Å². The number of fused-ring (bicyclic) bond motifs is 1. The highest BCUT2D eigenvalue weighted by Gasteiger charge is 2.34. The van der Waals surface area contributed by atoms with Gasteiger partial charge in [0.05, 0.1) is 10.9 Å². The molecule has 2 fully saturated rings. The van der Waals surface area contributed by atoms with Crippen molar-refractivity contribution in [3.63, 3.8) is 0 Å². The molecule has 1 aliphatic carbocycles. The summed E-state index contributed by atoms with van der Waals surface area (Å²) in [5.41, 5.74) is 0.733. The lowest BCUT2D eigenvalue weighted by molar-refractivity contribution is -0.121. The van der Waals surface area contributed by atoms with Gasteiger partial charge < -0.3 is 10.3 Å². The molecular weight excluding hydrogens is 372 g/mol. The molecule has 2 aromatic rings. The number of H-pyrrole nitrogens is 1. The molecular formula is C21H28N4O2S. The van der Waals surface area contributed by atoms with E-state index in [9.17, 15) is 9.59 Å². The Bertz CT molecular complexity index is 963. The number of nitrogens with zero attached hydrogens (tertiary/aromatic N) is 2. The number of amides is 1. The van der Waals surface area contributed by atoms with Gasteiger partial charge in [-0.25, -0.2) is 0 Å². The van der Waals surface area contributed by atoms with Crippen LogP contribution in [-0.4, -0.2) is 45.5 Å². The molecule has 1 aromatic heterocycles. The molecule has 0 bridgehead atoms. The molecule has 1 saturated heterocycles. The maximum atomic E-state index is 12.6. The van der Waals surface area contributed by atoms with Gasteiger partial charge in [-0.1, -0.05) is 18.6 Å². The average Bonchev–Trinajstić information content (AvgIpc) is 3.43. The third kappa shape index (κ3) is 4.52. The van der Waals surface area contributed by atoms with Crippen LogP contribution in [0.1, 0.15) is 44.9 Å². The fourth-order valence-electron chi connectivity index (χ4n) is 4.11. The monoisotopic (exact) mass is 400 g/mol. The van der Waals surface area contributed by atoms with Crippen molar-refractivity contribution in [3.05, 3.63) is 39.4 Å². The third-order valence-corrected chi connectivity index (χ3v) is 6.15. The Morgan fingerprint density at radius 3 is 2.82 bits per heavy atom. The Morgan fingerprint density at radius 1 is 1.18 bits per heavy atom. The van der Waals surface area contributed by atoms with Crippen molar-refractivity contribution in [2.75, 3.05) is 13.1 Å². The van der Waals surface area contributed by atoms with E-state index in [2.05, 4.69) is 15.2 Å². The largest absolute Gasteiger partial charge is 0.352 e. The van der Waals surface area contributed by atoms with Crippen LogP contribution in [0.25, 0.3) is 10.9 Å². The lowest BCUT2D eigenvalue weighted by Crippen LogP contribution is -2.37. The summed E-state index contributed by atoms with van der Waals surface area (Å²) < 4.78 is 2.09. The first-order valence-electron chi connectivity index (χ1n) is 10.4. The number of carbonyl (C=O) groups excluding carboxylic acids is 1. The minimum Gasteiger partial charge on any atom is -0.352 e. The predicted octanol–water partition coefficient (Wildman–Crippen LogP) is 2.97. The van der Waals surface area contributed by atoms with E-state index in [1.54, 1.807) is 4.57 Å². The number of hydrogen-bond acceptors (Lipinski definition) is 4. The first-order chi connectivity index (χ1) is 13.6. The van der Waals surface area contributed by atoms with E-state index < -0.39 is 0 Å². The number of likely N-dealkylation sites (tertiary alicyclic amines) is 1. The SMILES string of the molecule is O=C(CCCCCn1c(=S)[nH]c2ccccc2c1=O)NC1CCN(C2CC2)C1. The van der Waals surface area contributed by atoms with Crippen LogP contribution in [0.2, 0.25) is 0 Å². The molecule has 7 heteroatoms. The molecule has 1 amide bonds. The minimum absolute atomic E-state index is 0.0430. The van der Waals surface area contributed by atoms with E-state index in [0.29, 0.717) is 29.2 Å². The number of carbonyl (C=O) groups is 1. The number of rotatable bonds is 8. The second-order valence-corrected chi connectivity index (χ2v) is 8.41. The zero-order valence-corrected chi connectivity index (χ0v) is 17.0. The Morgan fingerprint density at radius 2 is 2.00 bits per heavy atom. The summed E-state index contributed by atoms with van der Waals surface area (Å²) in [6.45, 7) is 2.72. The molecule has 1 atom stereocenters. The summed E-state index contributed by atoms with van der Waals surface area (Å²) in [6.07, 6.45) is 6.85. The van der Waals surface area contributed by atoms with Crippen molar-refractivity contribution in [1.82, 2.24) is 19.8 Å². The first-order valence-corrected chi connectivity index (χ1v) is 10.8. The minimum atomic E-state index is -0.0430. The standard InChI is InChI=1S/C21H28N4O2S/c26-19(22-15-11-13-24(14-15)16-9-10-16)8-2-1-5-12-25-20(27)17-6-3-4-7-18(17)23-21(25)28/h3-4,6-7,15-16H,1-2,5,8-14H2,(H,22,26)(H,23,28). The summed E-state index contributed by atoms with van der Waals surface area (Å²) >= 11 is 5.34. The van der Waals surface area contributed by atoms with Crippen LogP contribution >= 0.6 is 12.2 Å². The van der Waals surface area contributed by atoms with E-state index in [4.69, 9.17) is 12.2 Å². The van der Waals surface area contributed by atoms with Gasteiger partial charge in [0.25, 0.3) is 5.56 Å². The quantitative estimate of drug-likeness (QED) is 0.528. The van der Waals surface area contributed by atoms with E-state index in [-0.39, 0.29) is 11.5 Å². The Labute approximate surface area is 169 Å². The highest BCUT2D eigenvalue weighted by Crippen LogP contribution is 2.29. The van der Waals surface area contributed by atoms with E-state index in [1.165, 1.54) is 12.8 Å². The topological polar surface area (TPSA) is 70.1 Å². The molecule has 1 aliphatic heterocycles. The number of aromatic nitrogens is 2. The number of benzene rings is 1. The molecule has 2 heterocycles. The Kier molecular flexibility index (Phi) is 5.92. The molecule has 4 rings (SSSR count). The summed E-state index contributed by atoms with van der Waals surface area (Å²) in [6, 6.07) is 8.53. The van der Waals surface area contributed by atoms with Crippen LogP contribution in [0.4, 0.5) is 0 Å². The van der Waals surface area contributed by atoms with Crippen molar-refractivity contribution in [2.45, 2.75) is 63.6 Å². The second kappa shape index (κ2) is 8.57.